The molecule has 4 rings (SSSR count). The second-order valence-electron chi connectivity index (χ2n) is 7.24. The molecule has 7 nitrogen and oxygen atoms in total. The van der Waals surface area contributed by atoms with Gasteiger partial charge in [-0.3, -0.25) is 9.69 Å². The lowest BCUT2D eigenvalue weighted by Gasteiger charge is -2.49. The Morgan fingerprint density at radius 1 is 1.19 bits per heavy atom. The van der Waals surface area contributed by atoms with Crippen LogP contribution in [0.15, 0.2) is 6.33 Å². The Hall–Kier alpha value is -1.28. The van der Waals surface area contributed by atoms with E-state index in [0.717, 1.165) is 52.1 Å². The van der Waals surface area contributed by atoms with Crippen LogP contribution in [0.5, 0.6) is 0 Å². The molecule has 0 radical (unpaired) electrons. The molecule has 1 aromatic heterocycles. The van der Waals surface area contributed by atoms with Crippen LogP contribution in [0.4, 0.5) is 0 Å². The first-order valence-electron chi connectivity index (χ1n) is 9.36. The second kappa shape index (κ2) is 7.76. The van der Waals surface area contributed by atoms with Gasteiger partial charge in [-0.25, -0.2) is 9.97 Å². The van der Waals surface area contributed by atoms with Crippen molar-refractivity contribution in [1.29, 1.82) is 0 Å². The number of hydrogen-bond donors (Lipinski definition) is 0. The van der Waals surface area contributed by atoms with Crippen LogP contribution in [0.3, 0.4) is 0 Å². The number of nitrogens with zero attached hydrogens (tertiary/aromatic N) is 4. The lowest BCUT2D eigenvalue weighted by Crippen LogP contribution is -2.60. The van der Waals surface area contributed by atoms with E-state index in [2.05, 4.69) is 14.9 Å². The number of carbonyl (C=O) groups is 1. The van der Waals surface area contributed by atoms with Gasteiger partial charge in [-0.15, -0.1) is 0 Å². The largest absolute Gasteiger partial charge is 0.379 e. The normalized spacial score (nSPS) is 28.0. The van der Waals surface area contributed by atoms with Crippen molar-refractivity contribution in [2.75, 3.05) is 39.5 Å². The summed E-state index contributed by atoms with van der Waals surface area (Å²) >= 11 is 6.04. The molecule has 4 heterocycles. The molecule has 0 bridgehead atoms. The monoisotopic (exact) mass is 380 g/mol. The molecule has 8 heteroatoms. The number of morpholine rings is 1. The fraction of sp³-hybridized carbons (Fsp3) is 0.722. The van der Waals surface area contributed by atoms with Crippen molar-refractivity contribution in [3.8, 4) is 0 Å². The van der Waals surface area contributed by atoms with Gasteiger partial charge >= 0.3 is 0 Å². The van der Waals surface area contributed by atoms with Crippen LogP contribution < -0.4 is 0 Å². The predicted molar refractivity (Wildman–Crippen MR) is 96.4 cm³/mol. The average Bonchev–Trinajstić information content (AvgIpc) is 2.69. The minimum Gasteiger partial charge on any atom is -0.379 e. The maximum Gasteiger partial charge on any atom is 0.272 e. The highest BCUT2D eigenvalue weighted by Gasteiger charge is 2.39. The van der Waals surface area contributed by atoms with Crippen LogP contribution in [0.25, 0.3) is 0 Å². The van der Waals surface area contributed by atoms with E-state index < -0.39 is 0 Å². The zero-order valence-corrected chi connectivity index (χ0v) is 15.8. The number of piperidine rings is 1. The third-order valence-corrected chi connectivity index (χ3v) is 6.20. The molecule has 1 aromatic rings. The molecule has 0 spiro atoms. The van der Waals surface area contributed by atoms with E-state index in [0.29, 0.717) is 35.1 Å². The number of likely N-dealkylation sites (tertiary alicyclic amines) is 1. The lowest BCUT2D eigenvalue weighted by molar-refractivity contribution is -0.148. The Bertz CT molecular complexity index is 664. The molecular formula is C18H25ClN4O3. The van der Waals surface area contributed by atoms with Gasteiger partial charge < -0.3 is 14.4 Å². The van der Waals surface area contributed by atoms with Crippen molar-refractivity contribution in [2.45, 2.75) is 44.4 Å². The van der Waals surface area contributed by atoms with E-state index in [9.17, 15) is 4.79 Å². The van der Waals surface area contributed by atoms with Crippen molar-refractivity contribution >= 4 is 17.5 Å². The van der Waals surface area contributed by atoms with E-state index in [1.807, 2.05) is 4.90 Å². The highest BCUT2D eigenvalue weighted by Crippen LogP contribution is 2.28. The zero-order valence-electron chi connectivity index (χ0n) is 15.1. The quantitative estimate of drug-likeness (QED) is 0.725. The third kappa shape index (κ3) is 3.45. The number of amides is 1. The van der Waals surface area contributed by atoms with Crippen LogP contribution in [-0.4, -0.2) is 83.3 Å². The smallest absolute Gasteiger partial charge is 0.272 e. The molecule has 26 heavy (non-hydrogen) atoms. The van der Waals surface area contributed by atoms with Crippen LogP contribution in [0.1, 0.15) is 35.3 Å². The van der Waals surface area contributed by atoms with Crippen LogP contribution in [0, 0.1) is 6.92 Å². The first-order chi connectivity index (χ1) is 12.6. The number of ether oxygens (including phenoxy) is 2. The fourth-order valence-corrected chi connectivity index (χ4v) is 4.50. The van der Waals surface area contributed by atoms with Crippen molar-refractivity contribution in [3.05, 3.63) is 22.7 Å². The first kappa shape index (κ1) is 18.1. The Kier molecular flexibility index (Phi) is 5.40. The summed E-state index contributed by atoms with van der Waals surface area (Å²) in [6.45, 7) is 6.54. The van der Waals surface area contributed by atoms with Crippen molar-refractivity contribution in [2.24, 2.45) is 0 Å². The number of hydrogen-bond acceptors (Lipinski definition) is 6. The Labute approximate surface area is 158 Å². The molecular weight excluding hydrogens is 356 g/mol. The summed E-state index contributed by atoms with van der Waals surface area (Å²) in [6, 6.07) is 0.955. The van der Waals surface area contributed by atoms with E-state index >= 15 is 0 Å². The van der Waals surface area contributed by atoms with Gasteiger partial charge in [0, 0.05) is 43.9 Å². The van der Waals surface area contributed by atoms with Gasteiger partial charge in [0.2, 0.25) is 0 Å². The Morgan fingerprint density at radius 3 is 2.81 bits per heavy atom. The number of fused-ring (bicyclic) bond motifs is 1. The van der Waals surface area contributed by atoms with Crippen molar-refractivity contribution < 1.29 is 14.3 Å². The molecule has 0 N–H and O–H groups in total. The van der Waals surface area contributed by atoms with Gasteiger partial charge in [0.1, 0.15) is 17.2 Å². The van der Waals surface area contributed by atoms with E-state index in [1.54, 1.807) is 6.92 Å². The molecule has 3 aliphatic heterocycles. The lowest BCUT2D eigenvalue weighted by atomic mass is 9.95. The van der Waals surface area contributed by atoms with Gasteiger partial charge in [0.05, 0.1) is 19.3 Å². The molecule has 2 atom stereocenters. The summed E-state index contributed by atoms with van der Waals surface area (Å²) in [5.74, 6) is -0.0452. The maximum atomic E-state index is 12.8. The SMILES string of the molecule is Cc1c(Cl)ncnc1C(=O)N1CCC(N2CCOC3COCCC32)CC1. The highest BCUT2D eigenvalue weighted by atomic mass is 35.5. The van der Waals surface area contributed by atoms with Gasteiger partial charge in [-0.05, 0) is 26.2 Å². The standard InChI is InChI=1S/C18H25ClN4O3/c1-12-16(20-11-21-17(12)19)18(24)22-5-2-13(3-6-22)23-7-9-26-15-10-25-8-4-14(15)23/h11,13-15H,2-10H2,1H3. The minimum atomic E-state index is -0.0452. The summed E-state index contributed by atoms with van der Waals surface area (Å²) in [7, 11) is 0. The molecule has 142 valence electrons. The van der Waals surface area contributed by atoms with E-state index in [4.69, 9.17) is 21.1 Å². The van der Waals surface area contributed by atoms with E-state index in [-0.39, 0.29) is 12.0 Å². The van der Waals surface area contributed by atoms with Crippen molar-refractivity contribution in [3.63, 3.8) is 0 Å². The van der Waals surface area contributed by atoms with Gasteiger partial charge in [0.25, 0.3) is 5.91 Å². The Balaban J connectivity index is 1.39. The summed E-state index contributed by atoms with van der Waals surface area (Å²) in [6.07, 6.45) is 4.54. The molecule has 2 unspecified atom stereocenters. The van der Waals surface area contributed by atoms with Gasteiger partial charge in [-0.1, -0.05) is 11.6 Å². The van der Waals surface area contributed by atoms with Gasteiger partial charge in [0.15, 0.2) is 0 Å². The fourth-order valence-electron chi connectivity index (χ4n) is 4.36. The third-order valence-electron chi connectivity index (χ3n) is 5.82. The number of carbonyl (C=O) groups excluding carboxylic acids is 1. The van der Waals surface area contributed by atoms with Gasteiger partial charge in [-0.2, -0.15) is 0 Å². The molecule has 0 saturated carbocycles. The van der Waals surface area contributed by atoms with Crippen LogP contribution in [-0.2, 0) is 9.47 Å². The molecule has 3 aliphatic rings. The summed E-state index contributed by atoms with van der Waals surface area (Å²) in [5.41, 5.74) is 1.07. The highest BCUT2D eigenvalue weighted by molar-refractivity contribution is 6.30. The molecule has 1 amide bonds. The first-order valence-corrected chi connectivity index (χ1v) is 9.74. The molecule has 3 fully saturated rings. The number of halogens is 1. The Morgan fingerprint density at radius 2 is 2.00 bits per heavy atom. The molecule has 0 aliphatic carbocycles. The predicted octanol–water partition coefficient (Wildman–Crippen LogP) is 1.53. The number of aromatic nitrogens is 2. The topological polar surface area (TPSA) is 67.8 Å². The van der Waals surface area contributed by atoms with E-state index in [1.165, 1.54) is 6.33 Å². The second-order valence-corrected chi connectivity index (χ2v) is 7.60. The maximum absolute atomic E-state index is 12.8. The number of rotatable bonds is 2. The molecule has 3 saturated heterocycles. The zero-order chi connectivity index (χ0) is 18.1. The van der Waals surface area contributed by atoms with Crippen molar-refractivity contribution in [1.82, 2.24) is 19.8 Å². The summed E-state index contributed by atoms with van der Waals surface area (Å²) < 4.78 is 11.5. The summed E-state index contributed by atoms with van der Waals surface area (Å²) in [5, 5.41) is 0.345. The minimum absolute atomic E-state index is 0.0452. The van der Waals surface area contributed by atoms with Crippen LogP contribution >= 0.6 is 11.6 Å². The summed E-state index contributed by atoms with van der Waals surface area (Å²) in [4.78, 5) is 25.4. The molecule has 0 aromatic carbocycles. The average molecular weight is 381 g/mol. The van der Waals surface area contributed by atoms with Crippen LogP contribution in [0.2, 0.25) is 5.15 Å².